The van der Waals surface area contributed by atoms with Gasteiger partial charge in [0.05, 0.1) is 0 Å². The summed E-state index contributed by atoms with van der Waals surface area (Å²) < 4.78 is 28.9. The molecule has 0 aromatic heterocycles. The summed E-state index contributed by atoms with van der Waals surface area (Å²) in [5, 5.41) is 0. The standard InChI is InChI=1S/C13H28N4O2S/c1-15(2)11-13-4-3-7-17(13)20(18,19)16-8-5-12(10-14)6-9-16/h12-13H,3-11,14H2,1-2H3. The summed E-state index contributed by atoms with van der Waals surface area (Å²) in [4.78, 5) is 2.07. The number of piperidine rings is 1. The van der Waals surface area contributed by atoms with Crippen LogP contribution < -0.4 is 5.73 Å². The number of hydrogen-bond donors (Lipinski definition) is 1. The van der Waals surface area contributed by atoms with E-state index in [9.17, 15) is 8.42 Å². The third-order valence-electron chi connectivity index (χ3n) is 4.43. The van der Waals surface area contributed by atoms with Crippen LogP contribution in [0.4, 0.5) is 0 Å². The van der Waals surface area contributed by atoms with Crippen LogP contribution in [0.1, 0.15) is 25.7 Å². The van der Waals surface area contributed by atoms with E-state index >= 15 is 0 Å². The summed E-state index contributed by atoms with van der Waals surface area (Å²) in [5.74, 6) is 0.484. The molecular weight excluding hydrogens is 276 g/mol. The normalized spacial score (nSPS) is 27.5. The molecule has 0 aromatic rings. The lowest BCUT2D eigenvalue weighted by molar-refractivity contribution is 0.239. The zero-order chi connectivity index (χ0) is 14.8. The van der Waals surface area contributed by atoms with Gasteiger partial charge in [-0.25, -0.2) is 0 Å². The van der Waals surface area contributed by atoms with Gasteiger partial charge in [0.25, 0.3) is 10.2 Å². The number of rotatable bonds is 5. The fraction of sp³-hybridized carbons (Fsp3) is 1.00. The van der Waals surface area contributed by atoms with Crippen molar-refractivity contribution >= 4 is 10.2 Å². The topological polar surface area (TPSA) is 69.9 Å². The minimum absolute atomic E-state index is 0.127. The third kappa shape index (κ3) is 3.51. The smallest absolute Gasteiger partial charge is 0.282 e. The van der Waals surface area contributed by atoms with E-state index in [2.05, 4.69) is 4.90 Å². The molecule has 2 rings (SSSR count). The zero-order valence-corrected chi connectivity index (χ0v) is 13.5. The lowest BCUT2D eigenvalue weighted by Crippen LogP contribution is -2.51. The van der Waals surface area contributed by atoms with Crippen molar-refractivity contribution in [1.29, 1.82) is 0 Å². The van der Waals surface area contributed by atoms with Gasteiger partial charge in [-0.1, -0.05) is 0 Å². The van der Waals surface area contributed by atoms with Crippen molar-refractivity contribution in [3.05, 3.63) is 0 Å². The first-order valence-electron chi connectivity index (χ1n) is 7.57. The molecule has 2 heterocycles. The molecule has 0 saturated carbocycles. The zero-order valence-electron chi connectivity index (χ0n) is 12.7. The largest absolute Gasteiger partial charge is 0.330 e. The maximum Gasteiger partial charge on any atom is 0.282 e. The van der Waals surface area contributed by atoms with Crippen LogP contribution in [0.3, 0.4) is 0 Å². The summed E-state index contributed by atoms with van der Waals surface area (Å²) >= 11 is 0. The Bertz CT molecular complexity index is 405. The van der Waals surface area contributed by atoms with Gasteiger partial charge in [-0.2, -0.15) is 17.0 Å². The molecule has 1 unspecified atom stereocenters. The van der Waals surface area contributed by atoms with Crippen molar-refractivity contribution in [2.45, 2.75) is 31.7 Å². The molecule has 0 bridgehead atoms. The van der Waals surface area contributed by atoms with E-state index in [0.717, 1.165) is 32.2 Å². The van der Waals surface area contributed by atoms with Crippen LogP contribution in [-0.2, 0) is 10.2 Å². The first-order chi connectivity index (χ1) is 9.45. The first-order valence-corrected chi connectivity index (χ1v) is 8.96. The van der Waals surface area contributed by atoms with Crippen molar-refractivity contribution in [1.82, 2.24) is 13.5 Å². The molecule has 0 aromatic carbocycles. The van der Waals surface area contributed by atoms with Gasteiger partial charge in [0.15, 0.2) is 0 Å². The Balaban J connectivity index is 2.02. The quantitative estimate of drug-likeness (QED) is 0.772. The maximum absolute atomic E-state index is 12.8. The second-order valence-corrected chi connectivity index (χ2v) is 8.14. The number of nitrogens with zero attached hydrogens (tertiary/aromatic N) is 3. The molecule has 7 heteroatoms. The van der Waals surface area contributed by atoms with E-state index in [1.54, 1.807) is 8.61 Å². The van der Waals surface area contributed by atoms with E-state index in [-0.39, 0.29) is 6.04 Å². The van der Waals surface area contributed by atoms with Crippen molar-refractivity contribution in [3.8, 4) is 0 Å². The van der Waals surface area contributed by atoms with Crippen LogP contribution in [0, 0.1) is 5.92 Å². The highest BCUT2D eigenvalue weighted by atomic mass is 32.2. The lowest BCUT2D eigenvalue weighted by Gasteiger charge is -2.35. The summed E-state index contributed by atoms with van der Waals surface area (Å²) in [5.41, 5.74) is 5.67. The maximum atomic E-state index is 12.8. The Hall–Kier alpha value is -0.210. The Morgan fingerprint density at radius 2 is 1.80 bits per heavy atom. The van der Waals surface area contributed by atoms with Crippen LogP contribution in [0.15, 0.2) is 0 Å². The molecule has 2 saturated heterocycles. The van der Waals surface area contributed by atoms with E-state index < -0.39 is 10.2 Å². The van der Waals surface area contributed by atoms with Gasteiger partial charge in [0, 0.05) is 32.2 Å². The van der Waals surface area contributed by atoms with Crippen LogP contribution in [0.2, 0.25) is 0 Å². The average molecular weight is 304 g/mol. The summed E-state index contributed by atoms with van der Waals surface area (Å²) in [7, 11) is 0.703. The Labute approximate surface area is 123 Å². The average Bonchev–Trinajstić information content (AvgIpc) is 2.87. The molecule has 1 atom stereocenters. The molecule has 2 aliphatic rings. The first kappa shape index (κ1) is 16.2. The van der Waals surface area contributed by atoms with E-state index in [1.165, 1.54) is 0 Å². The molecule has 2 N–H and O–H groups in total. The van der Waals surface area contributed by atoms with Crippen LogP contribution in [0.5, 0.6) is 0 Å². The number of likely N-dealkylation sites (N-methyl/N-ethyl adjacent to an activating group) is 1. The second-order valence-electron chi connectivity index (χ2n) is 6.25. The summed E-state index contributed by atoms with van der Waals surface area (Å²) in [6.45, 7) is 3.38. The molecule has 118 valence electrons. The highest BCUT2D eigenvalue weighted by molar-refractivity contribution is 7.86. The van der Waals surface area contributed by atoms with E-state index in [0.29, 0.717) is 32.1 Å². The monoisotopic (exact) mass is 304 g/mol. The van der Waals surface area contributed by atoms with Gasteiger partial charge in [-0.15, -0.1) is 0 Å². The predicted octanol–water partition coefficient (Wildman–Crippen LogP) is -0.0721. The third-order valence-corrected chi connectivity index (χ3v) is 6.52. The van der Waals surface area contributed by atoms with Crippen LogP contribution in [0.25, 0.3) is 0 Å². The van der Waals surface area contributed by atoms with Gasteiger partial charge in [-0.05, 0) is 52.2 Å². The van der Waals surface area contributed by atoms with Crippen molar-refractivity contribution in [2.24, 2.45) is 11.7 Å². The van der Waals surface area contributed by atoms with Crippen molar-refractivity contribution in [2.75, 3.05) is 46.8 Å². The highest BCUT2D eigenvalue weighted by Gasteiger charge is 2.39. The van der Waals surface area contributed by atoms with Gasteiger partial charge < -0.3 is 10.6 Å². The summed E-state index contributed by atoms with van der Waals surface area (Å²) in [6.07, 6.45) is 3.72. The summed E-state index contributed by atoms with van der Waals surface area (Å²) in [6, 6.07) is 0.127. The van der Waals surface area contributed by atoms with Gasteiger partial charge in [0.1, 0.15) is 0 Å². The molecule has 2 aliphatic heterocycles. The minimum Gasteiger partial charge on any atom is -0.330 e. The molecule has 0 radical (unpaired) electrons. The highest BCUT2D eigenvalue weighted by Crippen LogP contribution is 2.26. The Morgan fingerprint density at radius 3 is 2.35 bits per heavy atom. The minimum atomic E-state index is -3.29. The molecule has 0 spiro atoms. The Morgan fingerprint density at radius 1 is 1.15 bits per heavy atom. The fourth-order valence-corrected chi connectivity index (χ4v) is 5.12. The molecule has 0 aliphatic carbocycles. The number of hydrogen-bond acceptors (Lipinski definition) is 4. The van der Waals surface area contributed by atoms with Crippen LogP contribution in [-0.4, -0.2) is 74.8 Å². The van der Waals surface area contributed by atoms with Crippen LogP contribution >= 0.6 is 0 Å². The van der Waals surface area contributed by atoms with Gasteiger partial charge >= 0.3 is 0 Å². The predicted molar refractivity (Wildman–Crippen MR) is 80.6 cm³/mol. The van der Waals surface area contributed by atoms with Gasteiger partial charge in [0.2, 0.25) is 0 Å². The van der Waals surface area contributed by atoms with Crippen molar-refractivity contribution in [3.63, 3.8) is 0 Å². The van der Waals surface area contributed by atoms with Crippen molar-refractivity contribution < 1.29 is 8.42 Å². The molecule has 0 amide bonds. The number of nitrogens with two attached hydrogens (primary N) is 1. The second kappa shape index (κ2) is 6.70. The van der Waals surface area contributed by atoms with Gasteiger partial charge in [-0.3, -0.25) is 0 Å². The Kier molecular flexibility index (Phi) is 5.42. The molecule has 2 fully saturated rings. The molecular formula is C13H28N4O2S. The SMILES string of the molecule is CN(C)CC1CCCN1S(=O)(=O)N1CCC(CN)CC1. The lowest BCUT2D eigenvalue weighted by atomic mass is 9.99. The molecule has 6 nitrogen and oxygen atoms in total. The fourth-order valence-electron chi connectivity index (χ4n) is 3.24. The van der Waals surface area contributed by atoms with E-state index in [4.69, 9.17) is 5.73 Å². The van der Waals surface area contributed by atoms with E-state index in [1.807, 2.05) is 14.1 Å². The molecule has 20 heavy (non-hydrogen) atoms.